The summed E-state index contributed by atoms with van der Waals surface area (Å²) in [6, 6.07) is 0. The Balaban J connectivity index is 3.10. The highest BCUT2D eigenvalue weighted by atomic mass is 15.1. The fourth-order valence-electron chi connectivity index (χ4n) is 3.19. The van der Waals surface area contributed by atoms with Gasteiger partial charge in [-0.3, -0.25) is 0 Å². The van der Waals surface area contributed by atoms with Crippen LogP contribution in [0.1, 0.15) is 47.0 Å². The highest BCUT2D eigenvalue weighted by molar-refractivity contribution is 5.33. The van der Waals surface area contributed by atoms with Gasteiger partial charge in [0.2, 0.25) is 0 Å². The highest BCUT2D eigenvalue weighted by Crippen LogP contribution is 2.66. The molecule has 0 saturated heterocycles. The zero-order valence-corrected chi connectivity index (χ0v) is 10.6. The molecule has 15 heavy (non-hydrogen) atoms. The second-order valence-electron chi connectivity index (χ2n) is 4.62. The molecule has 84 valence electrons. The average molecular weight is 206 g/mol. The fraction of sp³-hybridized carbons (Fsp3) is 0.643. The van der Waals surface area contributed by atoms with E-state index >= 15 is 0 Å². The maximum Gasteiger partial charge on any atom is 0.177 e. The number of rotatable bonds is 5. The fourth-order valence-corrected chi connectivity index (χ4v) is 3.19. The van der Waals surface area contributed by atoms with Crippen molar-refractivity contribution in [3.8, 4) is 0 Å². The number of allylic oxidation sites excluding steroid dienone is 1. The Morgan fingerprint density at radius 2 is 2.00 bits per heavy atom. The van der Waals surface area contributed by atoms with Gasteiger partial charge < -0.3 is 0 Å². The van der Waals surface area contributed by atoms with Gasteiger partial charge in [0.15, 0.2) is 11.7 Å². The lowest BCUT2D eigenvalue weighted by Gasteiger charge is -2.20. The van der Waals surface area contributed by atoms with Gasteiger partial charge in [-0.05, 0) is 26.8 Å². The highest BCUT2D eigenvalue weighted by Gasteiger charge is 2.73. The van der Waals surface area contributed by atoms with E-state index in [0.717, 1.165) is 6.42 Å². The molecule has 0 aromatic rings. The van der Waals surface area contributed by atoms with E-state index in [-0.39, 0.29) is 5.54 Å². The van der Waals surface area contributed by atoms with Crippen molar-refractivity contribution in [3.05, 3.63) is 24.4 Å². The third-order valence-corrected chi connectivity index (χ3v) is 4.51. The lowest BCUT2D eigenvalue weighted by atomic mass is 9.87. The largest absolute Gasteiger partial charge is 0.206 e. The van der Waals surface area contributed by atoms with Crippen LogP contribution in [0, 0.1) is 5.41 Å². The minimum Gasteiger partial charge on any atom is -0.206 e. The average Bonchev–Trinajstić information content (AvgIpc) is 2.98. The van der Waals surface area contributed by atoms with E-state index in [1.165, 1.54) is 18.4 Å². The van der Waals surface area contributed by atoms with Crippen molar-refractivity contribution in [2.24, 2.45) is 5.41 Å². The molecule has 0 radical (unpaired) electrons. The Kier molecular flexibility index (Phi) is 3.22. The van der Waals surface area contributed by atoms with Crippen molar-refractivity contribution in [1.82, 2.24) is 0 Å². The molecule has 1 aliphatic carbocycles. The Labute approximate surface area is 94.2 Å². The first-order valence-electron chi connectivity index (χ1n) is 5.90. The normalized spacial score (nSPS) is 35.1. The van der Waals surface area contributed by atoms with Gasteiger partial charge in [0.05, 0.1) is 5.41 Å². The molecule has 2 unspecified atom stereocenters. The molecule has 0 spiro atoms. The first-order chi connectivity index (χ1) is 7.04. The van der Waals surface area contributed by atoms with Crippen LogP contribution in [-0.4, -0.2) is 16.8 Å². The van der Waals surface area contributed by atoms with E-state index < -0.39 is 0 Å². The van der Waals surface area contributed by atoms with Crippen molar-refractivity contribution in [1.29, 1.82) is 0 Å². The summed E-state index contributed by atoms with van der Waals surface area (Å²) in [4.78, 5) is 0. The zero-order chi connectivity index (χ0) is 11.7. The Hall–Kier alpha value is -0.850. The molecular formula is C14H24N+. The maximum absolute atomic E-state index is 4.11. The number of hydrogen-bond donors (Lipinski definition) is 0. The van der Waals surface area contributed by atoms with Gasteiger partial charge in [0, 0.05) is 12.8 Å². The van der Waals surface area contributed by atoms with E-state index in [9.17, 15) is 0 Å². The summed E-state index contributed by atoms with van der Waals surface area (Å²) in [5, 5.41) is 0. The van der Waals surface area contributed by atoms with Crippen molar-refractivity contribution < 1.29 is 4.58 Å². The summed E-state index contributed by atoms with van der Waals surface area (Å²) in [6.07, 6.45) is 7.67. The first-order valence-corrected chi connectivity index (χ1v) is 5.90. The monoisotopic (exact) mass is 206 g/mol. The Morgan fingerprint density at radius 3 is 2.33 bits per heavy atom. The van der Waals surface area contributed by atoms with Gasteiger partial charge in [-0.15, -0.1) is 0 Å². The molecule has 0 bridgehead atoms. The van der Waals surface area contributed by atoms with E-state index in [4.69, 9.17) is 0 Å². The van der Waals surface area contributed by atoms with Gasteiger partial charge in [-0.25, -0.2) is 4.58 Å². The van der Waals surface area contributed by atoms with Crippen molar-refractivity contribution in [3.63, 3.8) is 0 Å². The second kappa shape index (κ2) is 3.96. The third-order valence-electron chi connectivity index (χ3n) is 4.51. The van der Waals surface area contributed by atoms with Crippen LogP contribution < -0.4 is 0 Å². The van der Waals surface area contributed by atoms with E-state index in [1.54, 1.807) is 0 Å². The van der Waals surface area contributed by atoms with Gasteiger partial charge in [0.1, 0.15) is 6.72 Å². The smallest absolute Gasteiger partial charge is 0.177 e. The molecule has 2 atom stereocenters. The van der Waals surface area contributed by atoms with E-state index in [2.05, 4.69) is 51.6 Å². The summed E-state index contributed by atoms with van der Waals surface area (Å²) in [5.74, 6) is 0. The molecule has 1 rings (SSSR count). The summed E-state index contributed by atoms with van der Waals surface area (Å²) in [5.41, 5.74) is 2.06. The zero-order valence-electron chi connectivity index (χ0n) is 10.6. The van der Waals surface area contributed by atoms with Crippen molar-refractivity contribution in [2.45, 2.75) is 52.5 Å². The standard InChI is InChI=1S/C14H24N/c1-7-12(5)13(8-2)11-14(13,9-3)15(6)10-4/h7,10H,4,6,8-9,11H2,1-3,5H3/q+1. The van der Waals surface area contributed by atoms with Gasteiger partial charge in [-0.2, -0.15) is 0 Å². The molecule has 1 fully saturated rings. The molecule has 1 heteroatoms. The molecule has 0 aromatic carbocycles. The predicted octanol–water partition coefficient (Wildman–Crippen LogP) is 3.76. The minimum atomic E-state index is 0.222. The SMILES string of the molecule is C=C[N+](=C)C1(CC)CC1(CC)C(C)=CC. The van der Waals surface area contributed by atoms with Crippen LogP contribution in [-0.2, 0) is 0 Å². The van der Waals surface area contributed by atoms with Crippen LogP contribution in [0.2, 0.25) is 0 Å². The van der Waals surface area contributed by atoms with Gasteiger partial charge in [-0.1, -0.05) is 25.5 Å². The van der Waals surface area contributed by atoms with Crippen LogP contribution in [0.25, 0.3) is 0 Å². The topological polar surface area (TPSA) is 3.01 Å². The molecular weight excluding hydrogens is 182 g/mol. The predicted molar refractivity (Wildman–Crippen MR) is 67.4 cm³/mol. The van der Waals surface area contributed by atoms with E-state index in [1.807, 2.05) is 6.20 Å². The molecule has 1 aliphatic rings. The Morgan fingerprint density at radius 1 is 1.40 bits per heavy atom. The minimum absolute atomic E-state index is 0.222. The number of nitrogens with zero attached hydrogens (tertiary/aromatic N) is 1. The molecule has 1 saturated carbocycles. The van der Waals surface area contributed by atoms with Crippen LogP contribution >= 0.6 is 0 Å². The molecule has 0 heterocycles. The Bertz CT molecular complexity index is 299. The molecule has 0 N–H and O–H groups in total. The summed E-state index contributed by atoms with van der Waals surface area (Å²) in [7, 11) is 0. The molecule has 1 nitrogen and oxygen atoms in total. The summed E-state index contributed by atoms with van der Waals surface area (Å²) < 4.78 is 2.07. The first kappa shape index (κ1) is 12.2. The van der Waals surface area contributed by atoms with Gasteiger partial charge >= 0.3 is 0 Å². The van der Waals surface area contributed by atoms with Crippen molar-refractivity contribution in [2.75, 3.05) is 0 Å². The molecule has 0 aliphatic heterocycles. The maximum atomic E-state index is 4.11. The summed E-state index contributed by atoms with van der Waals surface area (Å²) >= 11 is 0. The van der Waals surface area contributed by atoms with Crippen LogP contribution in [0.3, 0.4) is 0 Å². The van der Waals surface area contributed by atoms with E-state index in [0.29, 0.717) is 5.41 Å². The molecule has 0 amide bonds. The van der Waals surface area contributed by atoms with Gasteiger partial charge in [0.25, 0.3) is 0 Å². The quantitative estimate of drug-likeness (QED) is 0.366. The lowest BCUT2D eigenvalue weighted by molar-refractivity contribution is -0.517. The summed E-state index contributed by atoms with van der Waals surface area (Å²) in [6.45, 7) is 16.9. The second-order valence-corrected chi connectivity index (χ2v) is 4.62. The van der Waals surface area contributed by atoms with Crippen LogP contribution in [0.5, 0.6) is 0 Å². The van der Waals surface area contributed by atoms with Crippen LogP contribution in [0.15, 0.2) is 24.4 Å². The molecule has 0 aromatic heterocycles. The van der Waals surface area contributed by atoms with Crippen molar-refractivity contribution >= 4 is 6.72 Å². The third kappa shape index (κ3) is 1.40. The number of hydrogen-bond acceptors (Lipinski definition) is 0. The van der Waals surface area contributed by atoms with Crippen LogP contribution in [0.4, 0.5) is 0 Å². The lowest BCUT2D eigenvalue weighted by Crippen LogP contribution is -2.30.